The molecule has 0 fully saturated rings. The number of hydrogen-bond acceptors (Lipinski definition) is 4. The van der Waals surface area contributed by atoms with Gasteiger partial charge in [-0.25, -0.2) is 9.78 Å². The predicted molar refractivity (Wildman–Crippen MR) is 73.6 cm³/mol. The van der Waals surface area contributed by atoms with E-state index in [9.17, 15) is 9.90 Å². The second kappa shape index (κ2) is 4.87. The Morgan fingerprint density at radius 3 is 2.79 bits per heavy atom. The molecule has 19 heavy (non-hydrogen) atoms. The van der Waals surface area contributed by atoms with Crippen molar-refractivity contribution in [2.45, 2.75) is 26.3 Å². The Balaban J connectivity index is 2.72. The lowest BCUT2D eigenvalue weighted by molar-refractivity contribution is 0.0697. The first-order valence-corrected chi connectivity index (χ1v) is 6.24. The van der Waals surface area contributed by atoms with Gasteiger partial charge in [-0.1, -0.05) is 6.92 Å². The van der Waals surface area contributed by atoms with Gasteiger partial charge in [-0.2, -0.15) is 5.10 Å². The van der Waals surface area contributed by atoms with E-state index in [4.69, 9.17) is 0 Å². The molecule has 2 heterocycles. The van der Waals surface area contributed by atoms with Crippen LogP contribution in [-0.4, -0.2) is 38.9 Å². The topological polar surface area (TPSA) is 71.2 Å². The second-order valence-corrected chi connectivity index (χ2v) is 4.70. The first-order valence-electron chi connectivity index (χ1n) is 6.24. The Labute approximate surface area is 111 Å². The average Bonchev–Trinajstić information content (AvgIpc) is 2.77. The Hall–Kier alpha value is -2.11. The molecule has 0 amide bonds. The summed E-state index contributed by atoms with van der Waals surface area (Å²) in [6.07, 6.45) is 4.00. The average molecular weight is 262 g/mol. The minimum atomic E-state index is -0.969. The van der Waals surface area contributed by atoms with Gasteiger partial charge in [-0.05, 0) is 13.3 Å². The number of rotatable bonds is 4. The third-order valence-electron chi connectivity index (χ3n) is 3.57. The van der Waals surface area contributed by atoms with Crippen LogP contribution in [0.2, 0.25) is 0 Å². The number of pyridine rings is 1. The highest BCUT2D eigenvalue weighted by Gasteiger charge is 2.21. The Bertz CT molecular complexity index is 620. The molecule has 2 rings (SSSR count). The maximum absolute atomic E-state index is 11.4. The molecule has 0 aliphatic heterocycles. The number of nitrogens with zero attached hydrogens (tertiary/aromatic N) is 4. The molecule has 0 saturated carbocycles. The van der Waals surface area contributed by atoms with Crippen molar-refractivity contribution in [2.75, 3.05) is 11.9 Å². The normalized spacial score (nSPS) is 12.6. The number of carboxylic acid groups (broad SMARTS) is 1. The summed E-state index contributed by atoms with van der Waals surface area (Å²) in [7, 11) is 3.70. The van der Waals surface area contributed by atoms with Crippen molar-refractivity contribution in [1.82, 2.24) is 14.8 Å². The fourth-order valence-electron chi connectivity index (χ4n) is 2.11. The van der Waals surface area contributed by atoms with E-state index >= 15 is 0 Å². The minimum Gasteiger partial charge on any atom is -0.478 e. The number of carboxylic acids is 1. The lowest BCUT2D eigenvalue weighted by Crippen LogP contribution is -2.29. The zero-order chi connectivity index (χ0) is 14.2. The van der Waals surface area contributed by atoms with Crippen molar-refractivity contribution >= 4 is 22.7 Å². The Kier molecular flexibility index (Phi) is 3.42. The summed E-state index contributed by atoms with van der Waals surface area (Å²) in [5, 5.41) is 14.3. The Morgan fingerprint density at radius 2 is 2.21 bits per heavy atom. The van der Waals surface area contributed by atoms with Gasteiger partial charge in [0.25, 0.3) is 0 Å². The number of hydrogen-bond donors (Lipinski definition) is 1. The quantitative estimate of drug-likeness (QED) is 0.911. The molecule has 0 aromatic carbocycles. The van der Waals surface area contributed by atoms with E-state index in [0.717, 1.165) is 11.8 Å². The molecule has 1 unspecified atom stereocenters. The van der Waals surface area contributed by atoms with Crippen LogP contribution in [0.25, 0.3) is 11.0 Å². The van der Waals surface area contributed by atoms with Gasteiger partial charge < -0.3 is 10.0 Å². The van der Waals surface area contributed by atoms with Gasteiger partial charge in [-0.3, -0.25) is 4.68 Å². The molecule has 0 aliphatic carbocycles. The number of carbonyl (C=O) groups is 1. The third kappa shape index (κ3) is 2.14. The summed E-state index contributed by atoms with van der Waals surface area (Å²) in [6.45, 7) is 4.14. The molecule has 2 aromatic heterocycles. The van der Waals surface area contributed by atoms with E-state index in [-0.39, 0.29) is 11.6 Å². The molecule has 0 radical (unpaired) electrons. The second-order valence-electron chi connectivity index (χ2n) is 4.70. The van der Waals surface area contributed by atoms with Gasteiger partial charge in [0.15, 0.2) is 5.65 Å². The summed E-state index contributed by atoms with van der Waals surface area (Å²) < 4.78 is 1.65. The number of aromatic carboxylic acids is 1. The van der Waals surface area contributed by atoms with Gasteiger partial charge in [-0.15, -0.1) is 0 Å². The van der Waals surface area contributed by atoms with Crippen molar-refractivity contribution in [3.05, 3.63) is 18.0 Å². The van der Waals surface area contributed by atoms with Crippen LogP contribution in [0.3, 0.4) is 0 Å². The molecule has 0 bridgehead atoms. The maximum Gasteiger partial charge on any atom is 0.339 e. The lowest BCUT2D eigenvalue weighted by atomic mass is 10.1. The van der Waals surface area contributed by atoms with E-state index in [1.165, 1.54) is 6.20 Å². The number of aromatic nitrogens is 3. The van der Waals surface area contributed by atoms with Crippen molar-refractivity contribution < 1.29 is 9.90 Å². The van der Waals surface area contributed by atoms with Crippen LogP contribution in [0.4, 0.5) is 5.69 Å². The molecule has 1 N–H and O–H groups in total. The SMILES string of the molecule is CCC(C)N(C)c1c(C(=O)O)cnc2c1cnn2C. The van der Waals surface area contributed by atoms with E-state index in [1.54, 1.807) is 17.9 Å². The first kappa shape index (κ1) is 13.3. The van der Waals surface area contributed by atoms with E-state index in [2.05, 4.69) is 23.9 Å². The molecule has 0 aliphatic rings. The van der Waals surface area contributed by atoms with Crippen molar-refractivity contribution in [3.8, 4) is 0 Å². The minimum absolute atomic E-state index is 0.211. The zero-order valence-corrected chi connectivity index (χ0v) is 11.6. The molecule has 6 nitrogen and oxygen atoms in total. The smallest absolute Gasteiger partial charge is 0.339 e. The van der Waals surface area contributed by atoms with Crippen LogP contribution in [0.5, 0.6) is 0 Å². The van der Waals surface area contributed by atoms with Crippen LogP contribution in [-0.2, 0) is 7.05 Å². The highest BCUT2D eigenvalue weighted by atomic mass is 16.4. The third-order valence-corrected chi connectivity index (χ3v) is 3.57. The fraction of sp³-hybridized carbons (Fsp3) is 0.462. The fourth-order valence-corrected chi connectivity index (χ4v) is 2.11. The monoisotopic (exact) mass is 262 g/mol. The molecule has 1 atom stereocenters. The molecule has 0 spiro atoms. The largest absolute Gasteiger partial charge is 0.478 e. The zero-order valence-electron chi connectivity index (χ0n) is 11.6. The maximum atomic E-state index is 11.4. The number of anilines is 1. The van der Waals surface area contributed by atoms with Crippen LogP contribution in [0.1, 0.15) is 30.6 Å². The van der Waals surface area contributed by atoms with Crippen LogP contribution < -0.4 is 4.90 Å². The number of fused-ring (bicyclic) bond motifs is 1. The van der Waals surface area contributed by atoms with Crippen LogP contribution >= 0.6 is 0 Å². The van der Waals surface area contributed by atoms with Gasteiger partial charge in [0.2, 0.25) is 0 Å². The summed E-state index contributed by atoms with van der Waals surface area (Å²) >= 11 is 0. The lowest BCUT2D eigenvalue weighted by Gasteiger charge is -2.27. The van der Waals surface area contributed by atoms with Crippen LogP contribution in [0, 0.1) is 0 Å². The summed E-state index contributed by atoms with van der Waals surface area (Å²) in [4.78, 5) is 17.6. The summed E-state index contributed by atoms with van der Waals surface area (Å²) in [6, 6.07) is 0.240. The molecule has 0 saturated heterocycles. The van der Waals surface area contributed by atoms with Gasteiger partial charge in [0, 0.05) is 26.3 Å². The van der Waals surface area contributed by atoms with E-state index in [1.807, 2.05) is 11.9 Å². The van der Waals surface area contributed by atoms with Crippen molar-refractivity contribution in [2.24, 2.45) is 7.05 Å². The summed E-state index contributed by atoms with van der Waals surface area (Å²) in [5.41, 5.74) is 1.58. The molecular formula is C13H18N4O2. The predicted octanol–water partition coefficient (Wildman–Crippen LogP) is 1.90. The van der Waals surface area contributed by atoms with Crippen molar-refractivity contribution in [1.29, 1.82) is 0 Å². The Morgan fingerprint density at radius 1 is 1.53 bits per heavy atom. The standard InChI is InChI=1S/C13H18N4O2/c1-5-8(2)16(3)11-9-7-15-17(4)12(9)14-6-10(11)13(18)19/h6-8H,5H2,1-4H3,(H,18,19). The van der Waals surface area contributed by atoms with E-state index in [0.29, 0.717) is 11.3 Å². The molecule has 102 valence electrons. The molecule has 6 heteroatoms. The number of aryl methyl sites for hydroxylation is 1. The molecule has 2 aromatic rings. The van der Waals surface area contributed by atoms with E-state index < -0.39 is 5.97 Å². The van der Waals surface area contributed by atoms with Gasteiger partial charge >= 0.3 is 5.97 Å². The van der Waals surface area contributed by atoms with Gasteiger partial charge in [0.05, 0.1) is 17.3 Å². The van der Waals surface area contributed by atoms with Crippen molar-refractivity contribution in [3.63, 3.8) is 0 Å². The van der Waals surface area contributed by atoms with Crippen LogP contribution in [0.15, 0.2) is 12.4 Å². The highest BCUT2D eigenvalue weighted by molar-refractivity contribution is 6.03. The summed E-state index contributed by atoms with van der Waals surface area (Å²) in [5.74, 6) is -0.969. The van der Waals surface area contributed by atoms with Gasteiger partial charge in [0.1, 0.15) is 5.56 Å². The highest BCUT2D eigenvalue weighted by Crippen LogP contribution is 2.30. The first-order chi connectivity index (χ1) is 8.97. The molecular weight excluding hydrogens is 244 g/mol.